The van der Waals surface area contributed by atoms with E-state index in [-0.39, 0.29) is 12.2 Å². The minimum atomic E-state index is -0.506. The maximum atomic E-state index is 12.2. The lowest BCUT2D eigenvalue weighted by Crippen LogP contribution is -2.13. The first kappa shape index (κ1) is 18.6. The second-order valence-electron chi connectivity index (χ2n) is 4.80. The van der Waals surface area contributed by atoms with E-state index in [4.69, 9.17) is 22.8 Å². The Balaban J connectivity index is 2.26. The van der Waals surface area contributed by atoms with Crippen molar-refractivity contribution in [2.24, 2.45) is 0 Å². The lowest BCUT2D eigenvalue weighted by atomic mass is 10.1. The van der Waals surface area contributed by atoms with E-state index in [0.717, 1.165) is 0 Å². The number of nitriles is 1. The fraction of sp³-hybridized carbons (Fsp3) is 0.0526. The molecular formula is C19H12BrClN2O2. The molecule has 0 atom stereocenters. The molecule has 2 aromatic carbocycles. The number of rotatable bonds is 5. The number of terminal acetylenes is 1. The normalized spacial score (nSPS) is 10.5. The summed E-state index contributed by atoms with van der Waals surface area (Å²) in [4.78, 5) is 12.2. The molecule has 0 aromatic heterocycles. The third kappa shape index (κ3) is 5.12. The quantitative estimate of drug-likeness (QED) is 0.439. The zero-order chi connectivity index (χ0) is 18.2. The van der Waals surface area contributed by atoms with E-state index in [9.17, 15) is 10.1 Å². The summed E-state index contributed by atoms with van der Waals surface area (Å²) < 4.78 is 5.92. The van der Waals surface area contributed by atoms with E-state index in [1.54, 1.807) is 36.4 Å². The minimum Gasteiger partial charge on any atom is -0.478 e. The predicted molar refractivity (Wildman–Crippen MR) is 102 cm³/mol. The number of benzene rings is 2. The molecule has 0 aliphatic rings. The molecular weight excluding hydrogens is 404 g/mol. The summed E-state index contributed by atoms with van der Waals surface area (Å²) in [5.41, 5.74) is 1.12. The van der Waals surface area contributed by atoms with Gasteiger partial charge in [0.1, 0.15) is 18.2 Å². The van der Waals surface area contributed by atoms with Gasteiger partial charge in [-0.3, -0.25) is 4.79 Å². The molecule has 0 saturated heterocycles. The van der Waals surface area contributed by atoms with Crippen LogP contribution in [0.3, 0.4) is 0 Å². The van der Waals surface area contributed by atoms with Crippen molar-refractivity contribution in [1.82, 2.24) is 0 Å². The molecule has 0 unspecified atom stereocenters. The highest BCUT2D eigenvalue weighted by atomic mass is 79.9. The lowest BCUT2D eigenvalue weighted by Gasteiger charge is -2.09. The Morgan fingerprint density at radius 3 is 2.68 bits per heavy atom. The summed E-state index contributed by atoms with van der Waals surface area (Å²) in [5.74, 6) is 2.26. The van der Waals surface area contributed by atoms with Gasteiger partial charge in [-0.05, 0) is 51.8 Å². The summed E-state index contributed by atoms with van der Waals surface area (Å²) in [5, 5.41) is 12.3. The number of carbonyl (C=O) groups is 1. The number of halogens is 2. The topological polar surface area (TPSA) is 62.1 Å². The van der Waals surface area contributed by atoms with E-state index >= 15 is 0 Å². The van der Waals surface area contributed by atoms with Crippen molar-refractivity contribution in [3.63, 3.8) is 0 Å². The predicted octanol–water partition coefficient (Wildman–Crippen LogP) is 4.66. The van der Waals surface area contributed by atoms with Gasteiger partial charge < -0.3 is 10.1 Å². The Bertz CT molecular complexity index is 873. The molecule has 1 amide bonds. The van der Waals surface area contributed by atoms with Gasteiger partial charge in [0.2, 0.25) is 0 Å². The highest BCUT2D eigenvalue weighted by molar-refractivity contribution is 9.10. The molecule has 0 fully saturated rings. The third-order valence-electron chi connectivity index (χ3n) is 3.03. The van der Waals surface area contributed by atoms with Crippen LogP contribution in [-0.4, -0.2) is 12.5 Å². The molecule has 124 valence electrons. The molecule has 0 heterocycles. The Morgan fingerprint density at radius 1 is 1.36 bits per heavy atom. The molecule has 4 nitrogen and oxygen atoms in total. The van der Waals surface area contributed by atoms with Gasteiger partial charge in [-0.25, -0.2) is 0 Å². The Morgan fingerprint density at radius 2 is 2.08 bits per heavy atom. The van der Waals surface area contributed by atoms with Crippen molar-refractivity contribution >= 4 is 45.2 Å². The molecule has 2 rings (SSSR count). The fourth-order valence-corrected chi connectivity index (χ4v) is 2.94. The Labute approximate surface area is 159 Å². The Hall–Kier alpha value is -2.73. The van der Waals surface area contributed by atoms with E-state index in [0.29, 0.717) is 26.5 Å². The number of hydrogen-bond donors (Lipinski definition) is 1. The van der Waals surface area contributed by atoms with Crippen LogP contribution in [0.2, 0.25) is 5.02 Å². The number of para-hydroxylation sites is 1. The van der Waals surface area contributed by atoms with Crippen molar-refractivity contribution < 1.29 is 9.53 Å². The maximum absolute atomic E-state index is 12.2. The zero-order valence-electron chi connectivity index (χ0n) is 12.9. The second-order valence-corrected chi connectivity index (χ2v) is 6.06. The van der Waals surface area contributed by atoms with Crippen molar-refractivity contribution in [1.29, 1.82) is 5.26 Å². The SMILES string of the molecule is C#CCOc1c(Cl)cc(/C=C(/C#N)C(=O)Nc2ccccc2)cc1Br. The van der Waals surface area contributed by atoms with Gasteiger partial charge in [-0.1, -0.05) is 35.7 Å². The molecule has 0 radical (unpaired) electrons. The first-order valence-electron chi connectivity index (χ1n) is 7.08. The van der Waals surface area contributed by atoms with Crippen LogP contribution in [0.25, 0.3) is 6.08 Å². The molecule has 0 aliphatic heterocycles. The number of amides is 1. The van der Waals surface area contributed by atoms with Crippen molar-refractivity contribution in [3.8, 4) is 24.2 Å². The molecule has 0 bridgehead atoms. The van der Waals surface area contributed by atoms with Crippen LogP contribution in [0.1, 0.15) is 5.56 Å². The van der Waals surface area contributed by atoms with Crippen molar-refractivity contribution in [2.45, 2.75) is 0 Å². The number of hydrogen-bond acceptors (Lipinski definition) is 3. The maximum Gasteiger partial charge on any atom is 0.266 e. The third-order valence-corrected chi connectivity index (χ3v) is 3.90. The minimum absolute atomic E-state index is 0.0517. The average molecular weight is 416 g/mol. The average Bonchev–Trinajstić information content (AvgIpc) is 2.59. The fourth-order valence-electron chi connectivity index (χ4n) is 1.95. The van der Waals surface area contributed by atoms with Crippen LogP contribution >= 0.6 is 27.5 Å². The van der Waals surface area contributed by atoms with E-state index in [1.165, 1.54) is 6.08 Å². The largest absolute Gasteiger partial charge is 0.478 e. The summed E-state index contributed by atoms with van der Waals surface area (Å²) >= 11 is 9.51. The van der Waals surface area contributed by atoms with Gasteiger partial charge in [0.05, 0.1) is 9.50 Å². The molecule has 0 aliphatic carbocycles. The van der Waals surface area contributed by atoms with Gasteiger partial charge in [-0.15, -0.1) is 6.42 Å². The summed E-state index contributed by atoms with van der Waals surface area (Å²) in [6, 6.07) is 14.0. The van der Waals surface area contributed by atoms with Crippen LogP contribution in [0, 0.1) is 23.7 Å². The standard InChI is InChI=1S/C19H12BrClN2O2/c1-2-8-25-18-16(20)10-13(11-17(18)21)9-14(12-22)19(24)23-15-6-4-3-5-7-15/h1,3-7,9-11H,8H2,(H,23,24)/b14-9-. The molecule has 1 N–H and O–H groups in total. The second kappa shape index (κ2) is 8.94. The van der Waals surface area contributed by atoms with Gasteiger partial charge in [-0.2, -0.15) is 5.26 Å². The van der Waals surface area contributed by atoms with Crippen molar-refractivity contribution in [3.05, 3.63) is 63.1 Å². The van der Waals surface area contributed by atoms with Crippen LogP contribution < -0.4 is 10.1 Å². The molecule has 6 heteroatoms. The first-order chi connectivity index (χ1) is 12.0. The van der Waals surface area contributed by atoms with Crippen molar-refractivity contribution in [2.75, 3.05) is 11.9 Å². The zero-order valence-corrected chi connectivity index (χ0v) is 15.3. The van der Waals surface area contributed by atoms with Gasteiger partial charge in [0, 0.05) is 5.69 Å². The van der Waals surface area contributed by atoms with E-state index in [2.05, 4.69) is 27.2 Å². The molecule has 0 saturated carbocycles. The number of anilines is 1. The van der Waals surface area contributed by atoms with Gasteiger partial charge in [0.15, 0.2) is 5.75 Å². The van der Waals surface area contributed by atoms with Crippen LogP contribution in [-0.2, 0) is 4.79 Å². The Kier molecular flexibility index (Phi) is 6.65. The summed E-state index contributed by atoms with van der Waals surface area (Å²) in [7, 11) is 0. The summed E-state index contributed by atoms with van der Waals surface area (Å²) in [6.07, 6.45) is 6.61. The number of nitrogens with zero attached hydrogens (tertiary/aromatic N) is 1. The highest BCUT2D eigenvalue weighted by Gasteiger charge is 2.12. The van der Waals surface area contributed by atoms with Crippen LogP contribution in [0.4, 0.5) is 5.69 Å². The first-order valence-corrected chi connectivity index (χ1v) is 8.25. The smallest absolute Gasteiger partial charge is 0.266 e. The number of carbonyl (C=O) groups excluding carboxylic acids is 1. The molecule has 0 spiro atoms. The van der Waals surface area contributed by atoms with Gasteiger partial charge >= 0.3 is 0 Å². The van der Waals surface area contributed by atoms with Crippen LogP contribution in [0.15, 0.2) is 52.5 Å². The van der Waals surface area contributed by atoms with Gasteiger partial charge in [0.25, 0.3) is 5.91 Å². The van der Waals surface area contributed by atoms with Crippen LogP contribution in [0.5, 0.6) is 5.75 Å². The number of ether oxygens (including phenoxy) is 1. The van der Waals surface area contributed by atoms with E-state index < -0.39 is 5.91 Å². The van der Waals surface area contributed by atoms with E-state index in [1.807, 2.05) is 12.1 Å². The number of nitrogens with one attached hydrogen (secondary N) is 1. The lowest BCUT2D eigenvalue weighted by molar-refractivity contribution is -0.112. The monoisotopic (exact) mass is 414 g/mol. The molecule has 25 heavy (non-hydrogen) atoms. The highest BCUT2D eigenvalue weighted by Crippen LogP contribution is 2.35. The summed E-state index contributed by atoms with van der Waals surface area (Å²) in [6.45, 7) is 0.0798. The molecule has 2 aromatic rings.